The average Bonchev–Trinajstić information content (AvgIpc) is 3.04. The van der Waals surface area contributed by atoms with Crippen molar-refractivity contribution in [1.29, 1.82) is 0 Å². The molecule has 0 atom stereocenters. The van der Waals surface area contributed by atoms with Crippen molar-refractivity contribution in [1.82, 2.24) is 19.2 Å². The Bertz CT molecular complexity index is 984. The Morgan fingerprint density at radius 3 is 2.34 bits per heavy atom. The van der Waals surface area contributed by atoms with Crippen LogP contribution in [0.25, 0.3) is 11.4 Å². The molecule has 29 heavy (non-hydrogen) atoms. The minimum atomic E-state index is 0.660. The van der Waals surface area contributed by atoms with Crippen molar-refractivity contribution in [2.24, 2.45) is 7.05 Å². The van der Waals surface area contributed by atoms with Crippen LogP contribution in [0, 0.1) is 4.77 Å². The minimum Gasteiger partial charge on any atom is -0.372 e. The molecule has 1 saturated heterocycles. The van der Waals surface area contributed by atoms with Crippen molar-refractivity contribution in [3.8, 4) is 11.4 Å². The fourth-order valence-corrected chi connectivity index (χ4v) is 4.16. The molecular weight excluding hydrogens is 378 g/mol. The van der Waals surface area contributed by atoms with E-state index in [0.717, 1.165) is 22.7 Å². The summed E-state index contributed by atoms with van der Waals surface area (Å²) in [7, 11) is 4.09. The molecule has 0 bridgehead atoms. The van der Waals surface area contributed by atoms with Gasteiger partial charge >= 0.3 is 0 Å². The monoisotopic (exact) mass is 407 g/mol. The summed E-state index contributed by atoms with van der Waals surface area (Å²) in [5, 5.41) is 4.76. The quantitative estimate of drug-likeness (QED) is 0.554. The molecule has 1 aliphatic rings. The van der Waals surface area contributed by atoms with Crippen molar-refractivity contribution in [2.75, 3.05) is 25.0 Å². The molecule has 0 unspecified atom stereocenters. The summed E-state index contributed by atoms with van der Waals surface area (Å²) >= 11 is 5.62. The van der Waals surface area contributed by atoms with Gasteiger partial charge in [0.2, 0.25) is 0 Å². The highest BCUT2D eigenvalue weighted by Crippen LogP contribution is 2.21. The van der Waals surface area contributed by atoms with Crippen LogP contribution < -0.4 is 4.90 Å². The van der Waals surface area contributed by atoms with Gasteiger partial charge in [-0.05, 0) is 56.2 Å². The van der Waals surface area contributed by atoms with Gasteiger partial charge in [0.25, 0.3) is 0 Å². The lowest BCUT2D eigenvalue weighted by atomic mass is 10.1. The third-order valence-electron chi connectivity index (χ3n) is 5.56. The van der Waals surface area contributed by atoms with Gasteiger partial charge in [0, 0.05) is 37.9 Å². The van der Waals surface area contributed by atoms with Crippen molar-refractivity contribution >= 4 is 17.9 Å². The predicted octanol–water partition coefficient (Wildman–Crippen LogP) is 4.70. The Balaban J connectivity index is 1.42. The first-order valence-corrected chi connectivity index (χ1v) is 10.7. The second-order valence-electron chi connectivity index (χ2n) is 7.90. The topological polar surface area (TPSA) is 29.2 Å². The molecule has 0 amide bonds. The van der Waals surface area contributed by atoms with Crippen LogP contribution in [0.5, 0.6) is 0 Å². The first-order valence-electron chi connectivity index (χ1n) is 10.3. The van der Waals surface area contributed by atoms with Gasteiger partial charge in [0.1, 0.15) is 0 Å². The molecule has 3 aromatic rings. The summed E-state index contributed by atoms with van der Waals surface area (Å²) in [5.74, 6) is 0.898. The molecule has 5 nitrogen and oxygen atoms in total. The van der Waals surface area contributed by atoms with E-state index in [-0.39, 0.29) is 0 Å². The van der Waals surface area contributed by atoms with E-state index in [2.05, 4.69) is 53.2 Å². The Hall–Kier alpha value is -2.44. The van der Waals surface area contributed by atoms with Crippen molar-refractivity contribution in [3.63, 3.8) is 0 Å². The van der Waals surface area contributed by atoms with Gasteiger partial charge in [-0.1, -0.05) is 42.5 Å². The maximum Gasteiger partial charge on any atom is 0.199 e. The van der Waals surface area contributed by atoms with Gasteiger partial charge in [-0.3, -0.25) is 4.90 Å². The van der Waals surface area contributed by atoms with E-state index in [9.17, 15) is 0 Å². The first-order chi connectivity index (χ1) is 14.1. The molecule has 0 aliphatic carbocycles. The third-order valence-corrected chi connectivity index (χ3v) is 6.04. The van der Waals surface area contributed by atoms with Crippen LogP contribution in [0.3, 0.4) is 0 Å². The van der Waals surface area contributed by atoms with Gasteiger partial charge < -0.3 is 9.47 Å². The second kappa shape index (κ2) is 8.93. The molecule has 1 aromatic heterocycles. The number of anilines is 1. The second-order valence-corrected chi connectivity index (χ2v) is 8.27. The smallest absolute Gasteiger partial charge is 0.199 e. The summed E-state index contributed by atoms with van der Waals surface area (Å²) in [5.41, 5.74) is 3.73. The lowest BCUT2D eigenvalue weighted by Gasteiger charge is -2.29. The molecule has 4 rings (SSSR count). The number of hydrogen-bond acceptors (Lipinski definition) is 4. The molecule has 2 aromatic carbocycles. The molecule has 1 fully saturated rings. The van der Waals surface area contributed by atoms with E-state index in [1.807, 2.05) is 34.5 Å². The van der Waals surface area contributed by atoms with Crippen LogP contribution in [0.4, 0.5) is 5.69 Å². The lowest BCUT2D eigenvalue weighted by molar-refractivity contribution is 0.244. The number of benzene rings is 2. The summed E-state index contributed by atoms with van der Waals surface area (Å²) in [6.07, 6.45) is 3.97. The molecule has 0 radical (unpaired) electrons. The largest absolute Gasteiger partial charge is 0.372 e. The van der Waals surface area contributed by atoms with Gasteiger partial charge in [-0.15, -0.1) is 0 Å². The van der Waals surface area contributed by atoms with E-state index in [0.29, 0.717) is 6.67 Å². The molecule has 0 saturated carbocycles. The molecule has 2 heterocycles. The Morgan fingerprint density at radius 1 is 0.966 bits per heavy atom. The fraction of sp³-hybridized carbons (Fsp3) is 0.391. The van der Waals surface area contributed by atoms with Crippen molar-refractivity contribution in [3.05, 3.63) is 64.9 Å². The number of rotatable bonds is 6. The van der Waals surface area contributed by atoms with Crippen LogP contribution in [0.2, 0.25) is 0 Å². The Morgan fingerprint density at radius 2 is 1.66 bits per heavy atom. The zero-order valence-corrected chi connectivity index (χ0v) is 18.1. The first kappa shape index (κ1) is 19.9. The summed E-state index contributed by atoms with van der Waals surface area (Å²) in [6, 6.07) is 19.2. The van der Waals surface area contributed by atoms with Gasteiger partial charge in [0.05, 0.1) is 6.67 Å². The fourth-order valence-electron chi connectivity index (χ4n) is 3.97. The zero-order valence-electron chi connectivity index (χ0n) is 17.3. The highest BCUT2D eigenvalue weighted by Gasteiger charge is 2.13. The maximum atomic E-state index is 5.62. The number of aromatic nitrogens is 3. The number of hydrogen-bond donors (Lipinski definition) is 0. The van der Waals surface area contributed by atoms with E-state index in [1.54, 1.807) is 0 Å². The molecule has 152 valence electrons. The van der Waals surface area contributed by atoms with Crippen LogP contribution in [0.1, 0.15) is 24.8 Å². The molecular formula is C23H29N5S. The van der Waals surface area contributed by atoms with Crippen molar-refractivity contribution < 1.29 is 0 Å². The van der Waals surface area contributed by atoms with E-state index in [4.69, 9.17) is 17.3 Å². The Labute approximate surface area is 178 Å². The van der Waals surface area contributed by atoms with Gasteiger partial charge in [-0.25, -0.2) is 4.68 Å². The number of piperidine rings is 1. The highest BCUT2D eigenvalue weighted by atomic mass is 32.1. The SMILES string of the molecule is CN(Cc1ccc(N2CCCCC2)cc1)Cn1nc(-c2ccccc2)n(C)c1=S. The van der Waals surface area contributed by atoms with Crippen LogP contribution in [0.15, 0.2) is 54.6 Å². The normalized spacial score (nSPS) is 14.5. The summed E-state index contributed by atoms with van der Waals surface area (Å²) < 4.78 is 4.61. The molecule has 6 heteroatoms. The van der Waals surface area contributed by atoms with Crippen molar-refractivity contribution in [2.45, 2.75) is 32.5 Å². The van der Waals surface area contributed by atoms with E-state index >= 15 is 0 Å². The average molecular weight is 408 g/mol. The standard InChI is InChI=1S/C23H29N5S/c1-25(17-19-11-13-21(14-12-19)27-15-7-4-8-16-27)18-28-23(29)26(2)22(24-28)20-9-5-3-6-10-20/h3,5-6,9-14H,4,7-8,15-18H2,1-2H3. The van der Waals surface area contributed by atoms with Crippen LogP contribution in [-0.4, -0.2) is 39.4 Å². The number of nitrogens with zero attached hydrogens (tertiary/aromatic N) is 5. The predicted molar refractivity (Wildman–Crippen MR) is 121 cm³/mol. The lowest BCUT2D eigenvalue weighted by Crippen LogP contribution is -2.29. The molecule has 0 spiro atoms. The van der Waals surface area contributed by atoms with Gasteiger partial charge in [-0.2, -0.15) is 5.10 Å². The van der Waals surface area contributed by atoms with Gasteiger partial charge in [0.15, 0.2) is 10.6 Å². The third kappa shape index (κ3) is 4.60. The maximum absolute atomic E-state index is 5.62. The van der Waals surface area contributed by atoms with Crippen LogP contribution >= 0.6 is 12.2 Å². The summed E-state index contributed by atoms with van der Waals surface area (Å²) in [4.78, 5) is 4.74. The van der Waals surface area contributed by atoms with Crippen LogP contribution in [-0.2, 0) is 20.3 Å². The zero-order chi connectivity index (χ0) is 20.2. The highest BCUT2D eigenvalue weighted by molar-refractivity contribution is 7.71. The summed E-state index contributed by atoms with van der Waals surface area (Å²) in [6.45, 7) is 3.88. The molecule has 1 aliphatic heterocycles. The molecule has 0 N–H and O–H groups in total. The minimum absolute atomic E-state index is 0.660. The Kier molecular flexibility index (Phi) is 6.11. The van der Waals surface area contributed by atoms with E-state index in [1.165, 1.54) is 43.6 Å². The van der Waals surface area contributed by atoms with E-state index < -0.39 is 0 Å².